The fourth-order valence-electron chi connectivity index (χ4n) is 4.08. The molecule has 1 saturated carbocycles. The summed E-state index contributed by atoms with van der Waals surface area (Å²) in [6.07, 6.45) is 5.63. The minimum Gasteiger partial charge on any atom is -0.349 e. The van der Waals surface area contributed by atoms with Crippen molar-refractivity contribution in [2.45, 2.75) is 32.7 Å². The van der Waals surface area contributed by atoms with Crippen LogP contribution in [0.3, 0.4) is 0 Å². The predicted octanol–water partition coefficient (Wildman–Crippen LogP) is 4.57. The number of carbonyl (C=O) groups excluding carboxylic acids is 2. The van der Waals surface area contributed by atoms with Gasteiger partial charge in [-0.15, -0.1) is 0 Å². The molecule has 168 valence electrons. The fraction of sp³-hybridized carbons (Fsp3) is 0.240. The second-order valence-corrected chi connectivity index (χ2v) is 8.31. The number of aromatic amines is 2. The van der Waals surface area contributed by atoms with E-state index >= 15 is 0 Å². The number of benzene rings is 2. The van der Waals surface area contributed by atoms with E-state index in [0.29, 0.717) is 17.9 Å². The van der Waals surface area contributed by atoms with Crippen LogP contribution in [0.2, 0.25) is 0 Å². The zero-order chi connectivity index (χ0) is 22.9. The molecule has 4 N–H and O–H groups in total. The molecule has 0 radical (unpaired) electrons. The summed E-state index contributed by atoms with van der Waals surface area (Å²) in [6, 6.07) is 13.9. The molecule has 0 aliphatic heterocycles. The Bertz CT molecular complexity index is 1320. The minimum absolute atomic E-state index is 0.0236. The molecular weight excluding hydrogens is 416 g/mol. The number of hydrogen-bond acceptors (Lipinski definition) is 4. The third-order valence-electron chi connectivity index (χ3n) is 5.89. The summed E-state index contributed by atoms with van der Waals surface area (Å²) in [4.78, 5) is 30.3. The van der Waals surface area contributed by atoms with Gasteiger partial charge in [0.15, 0.2) is 0 Å². The van der Waals surface area contributed by atoms with Crippen molar-refractivity contribution in [2.75, 3.05) is 16.8 Å². The van der Waals surface area contributed by atoms with Crippen molar-refractivity contribution in [3.05, 3.63) is 60.4 Å². The number of carbonyl (C=O) groups is 2. The van der Waals surface area contributed by atoms with Gasteiger partial charge in [0.1, 0.15) is 5.82 Å². The van der Waals surface area contributed by atoms with Gasteiger partial charge in [0.05, 0.1) is 11.8 Å². The van der Waals surface area contributed by atoms with Crippen molar-refractivity contribution in [3.63, 3.8) is 0 Å². The Kier molecular flexibility index (Phi) is 5.34. The average molecular weight is 443 g/mol. The second-order valence-electron chi connectivity index (χ2n) is 8.31. The smallest absolute Gasteiger partial charge is 0.255 e. The van der Waals surface area contributed by atoms with Crippen molar-refractivity contribution >= 4 is 39.9 Å². The molecule has 33 heavy (non-hydrogen) atoms. The van der Waals surface area contributed by atoms with Crippen LogP contribution in [0.15, 0.2) is 54.9 Å². The van der Waals surface area contributed by atoms with Crippen molar-refractivity contribution in [1.82, 2.24) is 20.5 Å². The van der Waals surface area contributed by atoms with Gasteiger partial charge in [-0.3, -0.25) is 14.7 Å². The molecule has 1 aliphatic carbocycles. The van der Waals surface area contributed by atoms with Crippen LogP contribution in [-0.2, 0) is 4.79 Å². The summed E-state index contributed by atoms with van der Waals surface area (Å²) in [5.41, 5.74) is 5.00. The minimum atomic E-state index is -0.107. The first-order valence-electron chi connectivity index (χ1n) is 11.1. The summed E-state index contributed by atoms with van der Waals surface area (Å²) in [7, 11) is 0. The first-order valence-corrected chi connectivity index (χ1v) is 11.1. The first-order chi connectivity index (χ1) is 16.0. The van der Waals surface area contributed by atoms with Gasteiger partial charge in [0.25, 0.3) is 5.91 Å². The molecular formula is C25H26N6O2. The van der Waals surface area contributed by atoms with E-state index in [2.05, 4.69) is 25.8 Å². The van der Waals surface area contributed by atoms with Gasteiger partial charge in [0, 0.05) is 53.5 Å². The van der Waals surface area contributed by atoms with Crippen LogP contribution in [0, 0.1) is 0 Å². The van der Waals surface area contributed by atoms with Crippen molar-refractivity contribution in [2.24, 2.45) is 0 Å². The number of H-pyrrole nitrogens is 2. The molecule has 2 heterocycles. The first kappa shape index (κ1) is 20.8. The summed E-state index contributed by atoms with van der Waals surface area (Å²) >= 11 is 0. The Balaban J connectivity index is 1.55. The van der Waals surface area contributed by atoms with Crippen LogP contribution in [0.1, 0.15) is 37.0 Å². The Morgan fingerprint density at radius 1 is 1.15 bits per heavy atom. The van der Waals surface area contributed by atoms with Crippen molar-refractivity contribution < 1.29 is 9.59 Å². The van der Waals surface area contributed by atoms with E-state index in [4.69, 9.17) is 0 Å². The molecule has 1 aliphatic rings. The highest BCUT2D eigenvalue weighted by atomic mass is 16.2. The number of aromatic nitrogens is 3. The van der Waals surface area contributed by atoms with Gasteiger partial charge in [-0.2, -0.15) is 5.10 Å². The molecule has 2 aromatic heterocycles. The van der Waals surface area contributed by atoms with Gasteiger partial charge in [0.2, 0.25) is 5.91 Å². The highest BCUT2D eigenvalue weighted by Crippen LogP contribution is 2.33. The number of amides is 2. The maximum Gasteiger partial charge on any atom is 0.255 e. The van der Waals surface area contributed by atoms with Gasteiger partial charge in [-0.05, 0) is 55.7 Å². The lowest BCUT2D eigenvalue weighted by Gasteiger charge is -2.18. The van der Waals surface area contributed by atoms with E-state index in [1.807, 2.05) is 55.6 Å². The number of fused-ring (bicyclic) bond motifs is 1. The van der Waals surface area contributed by atoms with E-state index in [1.165, 1.54) is 0 Å². The Labute approximate surface area is 191 Å². The molecule has 2 aromatic carbocycles. The highest BCUT2D eigenvalue weighted by Gasteiger charge is 2.27. The van der Waals surface area contributed by atoms with Gasteiger partial charge in [-0.1, -0.05) is 12.1 Å². The third kappa shape index (κ3) is 4.19. The molecule has 8 heteroatoms. The summed E-state index contributed by atoms with van der Waals surface area (Å²) in [5, 5.41) is 14.2. The van der Waals surface area contributed by atoms with E-state index in [-0.39, 0.29) is 17.9 Å². The zero-order valence-corrected chi connectivity index (χ0v) is 18.6. The van der Waals surface area contributed by atoms with E-state index in [0.717, 1.165) is 46.2 Å². The number of rotatable bonds is 7. The monoisotopic (exact) mass is 442 g/mol. The largest absolute Gasteiger partial charge is 0.349 e. The van der Waals surface area contributed by atoms with Crippen molar-refractivity contribution in [1.29, 1.82) is 0 Å². The summed E-state index contributed by atoms with van der Waals surface area (Å²) < 4.78 is 0. The molecule has 8 nitrogen and oxygen atoms in total. The molecule has 4 aromatic rings. The number of nitrogens with zero attached hydrogens (tertiary/aromatic N) is 2. The lowest BCUT2D eigenvalue weighted by Crippen LogP contribution is -2.27. The normalized spacial score (nSPS) is 13.2. The Morgan fingerprint density at radius 3 is 2.70 bits per heavy atom. The topological polar surface area (TPSA) is 106 Å². The molecule has 0 spiro atoms. The predicted molar refractivity (Wildman–Crippen MR) is 130 cm³/mol. The Hall–Kier alpha value is -4.07. The van der Waals surface area contributed by atoms with Gasteiger partial charge >= 0.3 is 0 Å². The average Bonchev–Trinajstić information content (AvgIpc) is 3.30. The quantitative estimate of drug-likeness (QED) is 0.336. The van der Waals surface area contributed by atoms with Gasteiger partial charge < -0.3 is 20.5 Å². The van der Waals surface area contributed by atoms with Crippen LogP contribution >= 0.6 is 0 Å². The molecule has 2 amide bonds. The SMILES string of the molecule is CCN(C(C)=O)c1ccc2c(C(=O)NC3CC3)c(Nc3cccc(-c4cn[nH]c4)c3)[nH]c2c1. The number of anilines is 3. The van der Waals surface area contributed by atoms with Crippen molar-refractivity contribution in [3.8, 4) is 11.1 Å². The molecule has 0 atom stereocenters. The molecule has 5 rings (SSSR count). The third-order valence-corrected chi connectivity index (χ3v) is 5.89. The standard InChI is InChI=1S/C25H26N6O2/c1-3-31(15(2)32)20-9-10-21-22(12-20)30-24(23(21)25(33)29-18-7-8-18)28-19-6-4-5-16(11-19)17-13-26-27-14-17/h4-6,9-14,18,28,30H,3,7-8H2,1-2H3,(H,26,27)(H,29,33). The van der Waals surface area contributed by atoms with E-state index in [9.17, 15) is 9.59 Å². The van der Waals surface area contributed by atoms with E-state index in [1.54, 1.807) is 18.0 Å². The van der Waals surface area contributed by atoms with Gasteiger partial charge in [-0.25, -0.2) is 0 Å². The van der Waals surface area contributed by atoms with Crippen LogP contribution in [-0.4, -0.2) is 39.6 Å². The molecule has 0 saturated heterocycles. The van der Waals surface area contributed by atoms with Crippen LogP contribution < -0.4 is 15.5 Å². The second kappa shape index (κ2) is 8.46. The maximum atomic E-state index is 13.2. The number of nitrogens with one attached hydrogen (secondary N) is 4. The summed E-state index contributed by atoms with van der Waals surface area (Å²) in [6.45, 7) is 4.06. The molecule has 0 bridgehead atoms. The molecule has 0 unspecified atom stereocenters. The Morgan fingerprint density at radius 2 is 2.00 bits per heavy atom. The number of hydrogen-bond donors (Lipinski definition) is 4. The van der Waals surface area contributed by atoms with Crippen LogP contribution in [0.25, 0.3) is 22.0 Å². The van der Waals surface area contributed by atoms with Crippen LogP contribution in [0.4, 0.5) is 17.2 Å². The highest BCUT2D eigenvalue weighted by molar-refractivity contribution is 6.13. The fourth-order valence-corrected chi connectivity index (χ4v) is 4.08. The summed E-state index contributed by atoms with van der Waals surface area (Å²) in [5.74, 6) is 0.490. The zero-order valence-electron chi connectivity index (χ0n) is 18.6. The lowest BCUT2D eigenvalue weighted by atomic mass is 10.1. The lowest BCUT2D eigenvalue weighted by molar-refractivity contribution is -0.116. The maximum absolute atomic E-state index is 13.2. The van der Waals surface area contributed by atoms with E-state index < -0.39 is 0 Å². The molecule has 1 fully saturated rings. The van der Waals surface area contributed by atoms with Crippen LogP contribution in [0.5, 0.6) is 0 Å².